The predicted octanol–water partition coefficient (Wildman–Crippen LogP) is 3.99. The molecular weight excluding hydrogens is 427 g/mol. The molecule has 3 N–H and O–H groups in total. The van der Waals surface area contributed by atoms with Crippen molar-refractivity contribution in [1.82, 2.24) is 9.97 Å². The molecule has 0 aliphatic heterocycles. The molecule has 2 amide bonds. The molecule has 3 aromatic rings. The number of ether oxygens (including phenoxy) is 1. The van der Waals surface area contributed by atoms with Gasteiger partial charge in [0.1, 0.15) is 12.1 Å². The van der Waals surface area contributed by atoms with Crippen LogP contribution in [0.1, 0.15) is 22.6 Å². The zero-order valence-corrected chi connectivity index (χ0v) is 17.0. The summed E-state index contributed by atoms with van der Waals surface area (Å²) in [6.45, 7) is 1.71. The number of carbonyl (C=O) groups is 3. The van der Waals surface area contributed by atoms with Gasteiger partial charge < -0.3 is 20.4 Å². The highest BCUT2D eigenvalue weighted by molar-refractivity contribution is 7.22. The van der Waals surface area contributed by atoms with Crippen LogP contribution >= 0.6 is 34.5 Å². The van der Waals surface area contributed by atoms with Crippen LogP contribution < -0.4 is 10.6 Å². The monoisotopic (exact) mass is 440 g/mol. The number of H-pyrrole nitrogens is 1. The molecule has 0 fully saturated rings. The van der Waals surface area contributed by atoms with Gasteiger partial charge in [0.05, 0.1) is 27.4 Å². The zero-order chi connectivity index (χ0) is 20.4. The van der Waals surface area contributed by atoms with E-state index in [2.05, 4.69) is 25.3 Å². The number of aromatic nitrogens is 2. The molecular formula is C17H14Cl2N4O4S. The standard InChI is InChI=1S/C17H14Cl2N4O4S/c1-7-13(18)14(19)15(20-7)16(26)21-8-3-4-9-10(5-8)28-17(22-9)23-11(24)6-12(25)27-2/h3-5,20H,6H2,1-2H3,(H,21,26)(H,22,23,24). The van der Waals surface area contributed by atoms with Gasteiger partial charge >= 0.3 is 5.97 Å². The summed E-state index contributed by atoms with van der Waals surface area (Å²) in [7, 11) is 1.21. The highest BCUT2D eigenvalue weighted by atomic mass is 35.5. The summed E-state index contributed by atoms with van der Waals surface area (Å²) in [5.41, 5.74) is 1.92. The van der Waals surface area contributed by atoms with E-state index in [0.717, 1.165) is 4.70 Å². The van der Waals surface area contributed by atoms with Gasteiger partial charge in [-0.05, 0) is 25.1 Å². The van der Waals surface area contributed by atoms with Crippen LogP contribution in [0.5, 0.6) is 0 Å². The van der Waals surface area contributed by atoms with E-state index < -0.39 is 24.2 Å². The molecule has 3 rings (SSSR count). The van der Waals surface area contributed by atoms with Crippen LogP contribution in [0, 0.1) is 6.92 Å². The highest BCUT2D eigenvalue weighted by Gasteiger charge is 2.18. The highest BCUT2D eigenvalue weighted by Crippen LogP contribution is 2.31. The van der Waals surface area contributed by atoms with E-state index in [1.54, 1.807) is 25.1 Å². The minimum Gasteiger partial charge on any atom is -0.469 e. The van der Waals surface area contributed by atoms with Crippen molar-refractivity contribution < 1.29 is 19.1 Å². The fourth-order valence-electron chi connectivity index (χ4n) is 2.34. The van der Waals surface area contributed by atoms with Crippen molar-refractivity contribution in [1.29, 1.82) is 0 Å². The number of rotatable bonds is 5. The minimum atomic E-state index is -0.637. The third-order valence-electron chi connectivity index (χ3n) is 3.71. The van der Waals surface area contributed by atoms with Gasteiger partial charge in [-0.2, -0.15) is 0 Å². The lowest BCUT2D eigenvalue weighted by molar-refractivity contribution is -0.142. The van der Waals surface area contributed by atoms with Crippen LogP contribution in [-0.4, -0.2) is 34.9 Å². The summed E-state index contributed by atoms with van der Waals surface area (Å²) >= 11 is 13.3. The van der Waals surface area contributed by atoms with Crippen LogP contribution in [0.2, 0.25) is 10.0 Å². The molecule has 0 aliphatic rings. The Labute approximate surface area is 173 Å². The largest absolute Gasteiger partial charge is 0.469 e. The Kier molecular flexibility index (Phi) is 5.87. The van der Waals surface area contributed by atoms with E-state index in [4.69, 9.17) is 23.2 Å². The Hall–Kier alpha value is -2.62. The Bertz CT molecular complexity index is 1090. The molecule has 0 atom stereocenters. The number of carbonyl (C=O) groups excluding carboxylic acids is 3. The van der Waals surface area contributed by atoms with Crippen LogP contribution in [0.25, 0.3) is 10.2 Å². The van der Waals surface area contributed by atoms with Crippen LogP contribution in [0.15, 0.2) is 18.2 Å². The Morgan fingerprint density at radius 2 is 1.96 bits per heavy atom. The molecule has 0 aliphatic carbocycles. The lowest BCUT2D eigenvalue weighted by Gasteiger charge is -2.04. The third kappa shape index (κ3) is 4.27. The van der Waals surface area contributed by atoms with Gasteiger partial charge in [-0.3, -0.25) is 14.4 Å². The van der Waals surface area contributed by atoms with Crippen molar-refractivity contribution in [3.63, 3.8) is 0 Å². The van der Waals surface area contributed by atoms with Crippen LogP contribution in [0.3, 0.4) is 0 Å². The van der Waals surface area contributed by atoms with Crippen molar-refractivity contribution >= 4 is 73.4 Å². The molecule has 0 saturated carbocycles. The van der Waals surface area contributed by atoms with Gasteiger partial charge in [0.2, 0.25) is 5.91 Å². The molecule has 146 valence electrons. The summed E-state index contributed by atoms with van der Waals surface area (Å²) in [5, 5.41) is 6.07. The fraction of sp³-hybridized carbons (Fsp3) is 0.176. The Balaban J connectivity index is 1.75. The fourth-order valence-corrected chi connectivity index (χ4v) is 3.68. The summed E-state index contributed by atoms with van der Waals surface area (Å²) in [6.07, 6.45) is -0.396. The molecule has 2 heterocycles. The maximum atomic E-state index is 12.4. The zero-order valence-electron chi connectivity index (χ0n) is 14.7. The molecule has 0 spiro atoms. The van der Waals surface area contributed by atoms with E-state index >= 15 is 0 Å². The van der Waals surface area contributed by atoms with Gasteiger partial charge in [-0.1, -0.05) is 34.5 Å². The smallest absolute Gasteiger partial charge is 0.315 e. The lowest BCUT2D eigenvalue weighted by Crippen LogP contribution is -2.16. The number of hydrogen-bond donors (Lipinski definition) is 3. The van der Waals surface area contributed by atoms with Crippen LogP contribution in [0.4, 0.5) is 10.8 Å². The molecule has 2 aromatic heterocycles. The lowest BCUT2D eigenvalue weighted by atomic mass is 10.3. The summed E-state index contributed by atoms with van der Waals surface area (Å²) in [5.74, 6) is -1.59. The maximum absolute atomic E-state index is 12.4. The first-order valence-corrected chi connectivity index (χ1v) is 9.48. The third-order valence-corrected chi connectivity index (χ3v) is 5.59. The van der Waals surface area contributed by atoms with Gasteiger partial charge in [0.25, 0.3) is 5.91 Å². The minimum absolute atomic E-state index is 0.158. The molecule has 11 heteroatoms. The van der Waals surface area contributed by atoms with Gasteiger partial charge in [-0.15, -0.1) is 0 Å². The number of thiazole rings is 1. The number of anilines is 2. The van der Waals surface area contributed by atoms with Gasteiger partial charge in [-0.25, -0.2) is 4.98 Å². The number of hydrogen-bond acceptors (Lipinski definition) is 6. The molecule has 0 unspecified atom stereocenters. The topological polar surface area (TPSA) is 113 Å². The van der Waals surface area contributed by atoms with E-state index in [1.165, 1.54) is 18.4 Å². The molecule has 8 nitrogen and oxygen atoms in total. The number of fused-ring (bicyclic) bond motifs is 1. The second kappa shape index (κ2) is 8.17. The number of nitrogens with zero attached hydrogens (tertiary/aromatic N) is 1. The van der Waals surface area contributed by atoms with Crippen molar-refractivity contribution in [2.24, 2.45) is 0 Å². The number of benzene rings is 1. The van der Waals surface area contributed by atoms with Crippen molar-refractivity contribution in [2.75, 3.05) is 17.7 Å². The number of esters is 1. The van der Waals surface area contributed by atoms with E-state index in [9.17, 15) is 14.4 Å². The van der Waals surface area contributed by atoms with E-state index in [0.29, 0.717) is 27.1 Å². The first-order chi connectivity index (χ1) is 13.3. The molecule has 0 bridgehead atoms. The SMILES string of the molecule is COC(=O)CC(=O)Nc1nc2ccc(NC(=O)c3[nH]c(C)c(Cl)c3Cl)cc2s1. The number of aryl methyl sites for hydroxylation is 1. The van der Waals surface area contributed by atoms with Gasteiger partial charge in [0.15, 0.2) is 5.13 Å². The normalized spacial score (nSPS) is 10.7. The van der Waals surface area contributed by atoms with Crippen molar-refractivity contribution in [3.05, 3.63) is 39.6 Å². The Morgan fingerprint density at radius 1 is 1.21 bits per heavy atom. The summed E-state index contributed by atoms with van der Waals surface area (Å²) in [4.78, 5) is 42.4. The van der Waals surface area contributed by atoms with Crippen LogP contribution in [-0.2, 0) is 14.3 Å². The predicted molar refractivity (Wildman–Crippen MR) is 108 cm³/mol. The van der Waals surface area contributed by atoms with Crippen molar-refractivity contribution in [3.8, 4) is 0 Å². The first kappa shape index (κ1) is 20.1. The molecule has 0 radical (unpaired) electrons. The van der Waals surface area contributed by atoms with E-state index in [-0.39, 0.29) is 10.7 Å². The molecule has 28 heavy (non-hydrogen) atoms. The number of aromatic amines is 1. The second-order valence-electron chi connectivity index (χ2n) is 5.71. The maximum Gasteiger partial charge on any atom is 0.315 e. The average molecular weight is 441 g/mol. The quantitative estimate of drug-likeness (QED) is 0.409. The summed E-state index contributed by atoms with van der Waals surface area (Å²) < 4.78 is 5.18. The van der Waals surface area contributed by atoms with Gasteiger partial charge in [0, 0.05) is 11.4 Å². The first-order valence-electron chi connectivity index (χ1n) is 7.90. The average Bonchev–Trinajstić information content (AvgIpc) is 3.16. The number of halogens is 2. The van der Waals surface area contributed by atoms with E-state index in [1.807, 2.05) is 0 Å². The molecule has 1 aromatic carbocycles. The number of methoxy groups -OCH3 is 1. The second-order valence-corrected chi connectivity index (χ2v) is 7.50. The number of amides is 2. The summed E-state index contributed by atoms with van der Waals surface area (Å²) in [6, 6.07) is 5.09. The van der Waals surface area contributed by atoms with Crippen molar-refractivity contribution in [2.45, 2.75) is 13.3 Å². The Morgan fingerprint density at radius 3 is 2.61 bits per heavy atom. The molecule has 0 saturated heterocycles. The number of nitrogens with one attached hydrogen (secondary N) is 3.